The highest BCUT2D eigenvalue weighted by molar-refractivity contribution is 5.88. The smallest absolute Gasteiger partial charge is 0.348 e. The molecule has 6 nitrogen and oxygen atoms in total. The number of morpholine rings is 1. The van der Waals surface area contributed by atoms with Gasteiger partial charge in [0.05, 0.1) is 12.2 Å². The van der Waals surface area contributed by atoms with E-state index in [0.29, 0.717) is 24.2 Å². The zero-order chi connectivity index (χ0) is 20.1. The molecule has 2 aromatic carbocycles. The molecule has 1 aliphatic heterocycles. The van der Waals surface area contributed by atoms with E-state index in [1.165, 1.54) is 0 Å². The first-order valence-electron chi connectivity index (χ1n) is 9.35. The molecular weight excluding hydrogens is 358 g/mol. The molecule has 0 aromatic heterocycles. The highest BCUT2D eigenvalue weighted by Crippen LogP contribution is 2.31. The summed E-state index contributed by atoms with van der Waals surface area (Å²) in [5, 5.41) is 11.3. The minimum Gasteiger partial charge on any atom is -0.453 e. The molecule has 3 rings (SSSR count). The lowest BCUT2D eigenvalue weighted by Gasteiger charge is -2.35. The van der Waals surface area contributed by atoms with Crippen LogP contribution in [-0.2, 0) is 24.7 Å². The van der Waals surface area contributed by atoms with Crippen LogP contribution in [0.3, 0.4) is 0 Å². The third kappa shape index (κ3) is 4.24. The highest BCUT2D eigenvalue weighted by Gasteiger charge is 2.42. The Kier molecular flexibility index (Phi) is 6.11. The molecule has 1 aliphatic rings. The summed E-state index contributed by atoms with van der Waals surface area (Å²) >= 11 is 0. The Balaban J connectivity index is 1.76. The zero-order valence-electron chi connectivity index (χ0n) is 16.1. The first-order chi connectivity index (χ1) is 13.4. The zero-order valence-corrected chi connectivity index (χ0v) is 16.1. The van der Waals surface area contributed by atoms with Crippen LogP contribution in [0, 0.1) is 0 Å². The van der Waals surface area contributed by atoms with Gasteiger partial charge in [0.25, 0.3) is 5.91 Å². The van der Waals surface area contributed by atoms with Crippen LogP contribution in [-0.4, -0.2) is 53.8 Å². The second kappa shape index (κ2) is 8.54. The number of hydrogen-bond donors (Lipinski definition) is 1. The standard InChI is InChI=1S/C22H25NO5/c1-16-13-23(14-17(2)28-16)20(24)15-27-21(25)22(26,18-9-5-3-6-10-18)19-11-7-4-8-12-19/h3-12,16-17,26H,13-15H2,1-2H3. The summed E-state index contributed by atoms with van der Waals surface area (Å²) in [7, 11) is 0. The van der Waals surface area contributed by atoms with Gasteiger partial charge in [-0.1, -0.05) is 60.7 Å². The van der Waals surface area contributed by atoms with Crippen LogP contribution < -0.4 is 0 Å². The van der Waals surface area contributed by atoms with Crippen LogP contribution in [0.2, 0.25) is 0 Å². The number of carbonyl (C=O) groups is 2. The number of ether oxygens (including phenoxy) is 2. The molecule has 1 saturated heterocycles. The molecule has 0 saturated carbocycles. The normalized spacial score (nSPS) is 19.9. The second-order valence-corrected chi connectivity index (χ2v) is 7.07. The molecule has 1 fully saturated rings. The maximum absolute atomic E-state index is 12.9. The van der Waals surface area contributed by atoms with Gasteiger partial charge in [-0.15, -0.1) is 0 Å². The lowest BCUT2D eigenvalue weighted by Crippen LogP contribution is -2.50. The minimum absolute atomic E-state index is 0.0750. The Labute approximate surface area is 164 Å². The van der Waals surface area contributed by atoms with Crippen molar-refractivity contribution in [1.29, 1.82) is 0 Å². The number of esters is 1. The van der Waals surface area contributed by atoms with Crippen LogP contribution in [0.25, 0.3) is 0 Å². The molecular formula is C22H25NO5. The SMILES string of the molecule is CC1CN(C(=O)COC(=O)C(O)(c2ccccc2)c2ccccc2)CC(C)O1. The van der Waals surface area contributed by atoms with Crippen molar-refractivity contribution < 1.29 is 24.2 Å². The van der Waals surface area contributed by atoms with Gasteiger partial charge in [-0.25, -0.2) is 4.79 Å². The molecule has 1 N–H and O–H groups in total. The van der Waals surface area contributed by atoms with Gasteiger partial charge < -0.3 is 19.5 Å². The van der Waals surface area contributed by atoms with Gasteiger partial charge in [-0.3, -0.25) is 4.79 Å². The molecule has 0 aliphatic carbocycles. The number of amides is 1. The first kappa shape index (κ1) is 20.0. The van der Waals surface area contributed by atoms with Crippen molar-refractivity contribution in [3.8, 4) is 0 Å². The van der Waals surface area contributed by atoms with E-state index in [-0.39, 0.29) is 18.1 Å². The molecule has 6 heteroatoms. The Morgan fingerprint density at radius 3 is 1.93 bits per heavy atom. The van der Waals surface area contributed by atoms with Crippen molar-refractivity contribution in [2.24, 2.45) is 0 Å². The van der Waals surface area contributed by atoms with Gasteiger partial charge in [-0.05, 0) is 25.0 Å². The molecule has 2 unspecified atom stereocenters. The Hall–Kier alpha value is -2.70. The Bertz CT molecular complexity index is 759. The second-order valence-electron chi connectivity index (χ2n) is 7.07. The largest absolute Gasteiger partial charge is 0.453 e. The minimum atomic E-state index is -1.99. The Morgan fingerprint density at radius 2 is 1.46 bits per heavy atom. The number of aliphatic hydroxyl groups is 1. The van der Waals surface area contributed by atoms with Crippen LogP contribution in [0.15, 0.2) is 60.7 Å². The maximum Gasteiger partial charge on any atom is 0.348 e. The maximum atomic E-state index is 12.9. The van der Waals surface area contributed by atoms with E-state index in [2.05, 4.69) is 0 Å². The van der Waals surface area contributed by atoms with Crippen LogP contribution in [0.5, 0.6) is 0 Å². The summed E-state index contributed by atoms with van der Waals surface area (Å²) in [5.41, 5.74) is -1.23. The highest BCUT2D eigenvalue weighted by atomic mass is 16.6. The summed E-state index contributed by atoms with van der Waals surface area (Å²) in [6.45, 7) is 4.25. The van der Waals surface area contributed by atoms with Crippen molar-refractivity contribution in [2.45, 2.75) is 31.7 Å². The molecule has 148 valence electrons. The van der Waals surface area contributed by atoms with Gasteiger partial charge in [0, 0.05) is 13.1 Å². The van der Waals surface area contributed by atoms with E-state index in [4.69, 9.17) is 9.47 Å². The Morgan fingerprint density at radius 1 is 1.00 bits per heavy atom. The average Bonchev–Trinajstić information content (AvgIpc) is 2.71. The third-order valence-electron chi connectivity index (χ3n) is 4.78. The van der Waals surface area contributed by atoms with E-state index < -0.39 is 18.2 Å². The molecule has 0 bridgehead atoms. The molecule has 2 aromatic rings. The van der Waals surface area contributed by atoms with Gasteiger partial charge in [0.15, 0.2) is 6.61 Å². The van der Waals surface area contributed by atoms with E-state index in [9.17, 15) is 14.7 Å². The lowest BCUT2D eigenvalue weighted by atomic mass is 9.86. The quantitative estimate of drug-likeness (QED) is 0.801. The van der Waals surface area contributed by atoms with Gasteiger partial charge in [0.2, 0.25) is 5.60 Å². The molecule has 1 heterocycles. The number of carbonyl (C=O) groups excluding carboxylic acids is 2. The van der Waals surface area contributed by atoms with Crippen molar-refractivity contribution in [3.63, 3.8) is 0 Å². The predicted octanol–water partition coefficient (Wildman–Crippen LogP) is 2.10. The summed E-state index contributed by atoms with van der Waals surface area (Å²) in [4.78, 5) is 27.0. The van der Waals surface area contributed by atoms with Crippen LogP contribution in [0.4, 0.5) is 0 Å². The van der Waals surface area contributed by atoms with E-state index in [1.807, 2.05) is 13.8 Å². The molecule has 0 spiro atoms. The number of benzene rings is 2. The fourth-order valence-electron chi connectivity index (χ4n) is 3.47. The summed E-state index contributed by atoms with van der Waals surface area (Å²) in [5.74, 6) is -1.19. The van der Waals surface area contributed by atoms with E-state index in [1.54, 1.807) is 65.6 Å². The van der Waals surface area contributed by atoms with Gasteiger partial charge in [-0.2, -0.15) is 0 Å². The number of nitrogens with zero attached hydrogens (tertiary/aromatic N) is 1. The molecule has 28 heavy (non-hydrogen) atoms. The monoisotopic (exact) mass is 383 g/mol. The average molecular weight is 383 g/mol. The molecule has 0 radical (unpaired) electrons. The summed E-state index contributed by atoms with van der Waals surface area (Å²) < 4.78 is 10.9. The van der Waals surface area contributed by atoms with Gasteiger partial charge in [0.1, 0.15) is 0 Å². The fourth-order valence-corrected chi connectivity index (χ4v) is 3.47. The van der Waals surface area contributed by atoms with Crippen molar-refractivity contribution in [3.05, 3.63) is 71.8 Å². The first-order valence-corrected chi connectivity index (χ1v) is 9.35. The van der Waals surface area contributed by atoms with Crippen molar-refractivity contribution in [1.82, 2.24) is 4.90 Å². The van der Waals surface area contributed by atoms with Crippen LogP contribution in [0.1, 0.15) is 25.0 Å². The molecule has 1 amide bonds. The summed E-state index contributed by atoms with van der Waals surface area (Å²) in [6.07, 6.45) is -0.150. The molecule has 2 atom stereocenters. The third-order valence-corrected chi connectivity index (χ3v) is 4.78. The summed E-state index contributed by atoms with van der Waals surface area (Å²) in [6, 6.07) is 17.1. The van der Waals surface area contributed by atoms with Crippen LogP contribution >= 0.6 is 0 Å². The van der Waals surface area contributed by atoms with E-state index in [0.717, 1.165) is 0 Å². The van der Waals surface area contributed by atoms with Gasteiger partial charge >= 0.3 is 5.97 Å². The van der Waals surface area contributed by atoms with E-state index >= 15 is 0 Å². The van der Waals surface area contributed by atoms with Crippen molar-refractivity contribution >= 4 is 11.9 Å². The fraction of sp³-hybridized carbons (Fsp3) is 0.364. The lowest BCUT2D eigenvalue weighted by molar-refractivity contribution is -0.168. The number of hydrogen-bond acceptors (Lipinski definition) is 5. The van der Waals surface area contributed by atoms with Crippen molar-refractivity contribution in [2.75, 3.05) is 19.7 Å². The number of rotatable bonds is 5. The predicted molar refractivity (Wildman–Crippen MR) is 103 cm³/mol. The topological polar surface area (TPSA) is 76.1 Å².